The maximum absolute atomic E-state index is 12.7. The molecule has 3 aliphatic rings. The van der Waals surface area contributed by atoms with E-state index in [4.69, 9.17) is 0 Å². The van der Waals surface area contributed by atoms with Crippen molar-refractivity contribution in [2.24, 2.45) is 23.7 Å². The fourth-order valence-corrected chi connectivity index (χ4v) is 4.79. The number of hydrogen-bond donors (Lipinski definition) is 0. The van der Waals surface area contributed by atoms with Gasteiger partial charge in [0, 0.05) is 11.5 Å². The van der Waals surface area contributed by atoms with Crippen molar-refractivity contribution in [3.63, 3.8) is 0 Å². The minimum absolute atomic E-state index is 0.332. The molecule has 0 aliphatic heterocycles. The number of ketones is 1. The molecule has 1 aromatic carbocycles. The molecule has 2 saturated carbocycles. The summed E-state index contributed by atoms with van der Waals surface area (Å²) in [4.78, 5) is 12.7. The van der Waals surface area contributed by atoms with Crippen molar-refractivity contribution in [3.8, 4) is 0 Å². The monoisotopic (exact) mass is 238 g/mol. The molecule has 4 rings (SSSR count). The molecular weight excluding hydrogens is 220 g/mol. The molecule has 0 spiro atoms. The van der Waals surface area contributed by atoms with Gasteiger partial charge in [-0.1, -0.05) is 35.9 Å². The Kier molecular flexibility index (Phi) is 2.09. The van der Waals surface area contributed by atoms with E-state index in [0.717, 1.165) is 17.1 Å². The Morgan fingerprint density at radius 2 is 1.67 bits per heavy atom. The van der Waals surface area contributed by atoms with Gasteiger partial charge in [0.05, 0.1) is 0 Å². The van der Waals surface area contributed by atoms with E-state index >= 15 is 0 Å². The number of benzene rings is 1. The molecule has 1 nitrogen and oxygen atoms in total. The summed E-state index contributed by atoms with van der Waals surface area (Å²) in [5, 5.41) is 0. The summed E-state index contributed by atoms with van der Waals surface area (Å²) in [5.41, 5.74) is 3.56. The molecule has 0 amide bonds. The normalized spacial score (nSPS) is 37.5. The number of hydrogen-bond acceptors (Lipinski definition) is 1. The van der Waals surface area contributed by atoms with Crippen LogP contribution in [0.1, 0.15) is 31.7 Å². The van der Waals surface area contributed by atoms with Crippen molar-refractivity contribution in [1.82, 2.24) is 0 Å². The zero-order valence-corrected chi connectivity index (χ0v) is 10.7. The van der Waals surface area contributed by atoms with Crippen LogP contribution in [0.15, 0.2) is 35.9 Å². The van der Waals surface area contributed by atoms with Crippen molar-refractivity contribution >= 4 is 11.4 Å². The Labute approximate surface area is 108 Å². The van der Waals surface area contributed by atoms with Crippen LogP contribution in [-0.4, -0.2) is 5.78 Å². The van der Waals surface area contributed by atoms with Crippen LogP contribution in [0.5, 0.6) is 0 Å². The fraction of sp³-hybridized carbons (Fsp3) is 0.471. The van der Waals surface area contributed by atoms with Gasteiger partial charge in [0.1, 0.15) is 0 Å². The van der Waals surface area contributed by atoms with Crippen LogP contribution in [0.2, 0.25) is 0 Å². The highest BCUT2D eigenvalue weighted by Crippen LogP contribution is 2.60. The average Bonchev–Trinajstić information content (AvgIpc) is 3.05. The van der Waals surface area contributed by atoms with Crippen molar-refractivity contribution in [3.05, 3.63) is 41.5 Å². The van der Waals surface area contributed by atoms with Crippen LogP contribution in [0.25, 0.3) is 5.57 Å². The zero-order valence-electron chi connectivity index (χ0n) is 10.7. The second-order valence-corrected chi connectivity index (χ2v) is 6.17. The van der Waals surface area contributed by atoms with Gasteiger partial charge >= 0.3 is 0 Å². The Bertz CT molecular complexity index is 540. The van der Waals surface area contributed by atoms with Gasteiger partial charge in [-0.15, -0.1) is 0 Å². The molecule has 2 fully saturated rings. The predicted molar refractivity (Wildman–Crippen MR) is 71.9 cm³/mol. The summed E-state index contributed by atoms with van der Waals surface area (Å²) in [5.74, 6) is 2.83. The van der Waals surface area contributed by atoms with E-state index in [2.05, 4.69) is 19.1 Å². The van der Waals surface area contributed by atoms with Gasteiger partial charge in [-0.2, -0.15) is 0 Å². The smallest absolute Gasteiger partial charge is 0.167 e. The second kappa shape index (κ2) is 3.57. The topological polar surface area (TPSA) is 17.1 Å². The third-order valence-electron chi connectivity index (χ3n) is 5.42. The average molecular weight is 238 g/mol. The zero-order chi connectivity index (χ0) is 12.3. The van der Waals surface area contributed by atoms with E-state index < -0.39 is 0 Å². The lowest BCUT2D eigenvalue weighted by Gasteiger charge is -2.24. The van der Waals surface area contributed by atoms with Gasteiger partial charge in [0.2, 0.25) is 0 Å². The fourth-order valence-electron chi connectivity index (χ4n) is 4.79. The van der Waals surface area contributed by atoms with E-state index in [-0.39, 0.29) is 0 Å². The van der Waals surface area contributed by atoms with E-state index in [0.29, 0.717) is 23.5 Å². The van der Waals surface area contributed by atoms with E-state index in [1.165, 1.54) is 24.8 Å². The SMILES string of the molecule is CC1=C(c2ccccc2)C(=O)C2C1[C@@H]1CC[C@H]2C1. The number of carbonyl (C=O) groups excluding carboxylic acids is 1. The number of rotatable bonds is 1. The molecular formula is C17H18O. The van der Waals surface area contributed by atoms with Crippen LogP contribution < -0.4 is 0 Å². The first kappa shape index (κ1) is 10.5. The third-order valence-corrected chi connectivity index (χ3v) is 5.42. The maximum atomic E-state index is 12.7. The summed E-state index contributed by atoms with van der Waals surface area (Å²) in [6.45, 7) is 2.20. The van der Waals surface area contributed by atoms with Crippen molar-refractivity contribution in [2.45, 2.75) is 26.2 Å². The van der Waals surface area contributed by atoms with Crippen LogP contribution in [0, 0.1) is 23.7 Å². The molecule has 0 aromatic heterocycles. The predicted octanol–water partition coefficient (Wildman–Crippen LogP) is 3.71. The van der Waals surface area contributed by atoms with Crippen molar-refractivity contribution in [1.29, 1.82) is 0 Å². The van der Waals surface area contributed by atoms with Gasteiger partial charge in [0.25, 0.3) is 0 Å². The van der Waals surface area contributed by atoms with Crippen molar-refractivity contribution in [2.75, 3.05) is 0 Å². The molecule has 4 atom stereocenters. The minimum atomic E-state index is 0.332. The van der Waals surface area contributed by atoms with Gasteiger partial charge in [-0.3, -0.25) is 4.79 Å². The summed E-state index contributed by atoms with van der Waals surface area (Å²) in [7, 11) is 0. The van der Waals surface area contributed by atoms with Crippen LogP contribution in [0.4, 0.5) is 0 Å². The molecule has 1 heteroatoms. The summed E-state index contributed by atoms with van der Waals surface area (Å²) >= 11 is 0. The van der Waals surface area contributed by atoms with Crippen molar-refractivity contribution < 1.29 is 4.79 Å². The highest BCUT2D eigenvalue weighted by molar-refractivity contribution is 6.25. The third kappa shape index (κ3) is 1.20. The lowest BCUT2D eigenvalue weighted by Crippen LogP contribution is -2.24. The first-order valence-electron chi connectivity index (χ1n) is 7.08. The molecule has 1 aromatic rings. The Balaban J connectivity index is 1.83. The van der Waals surface area contributed by atoms with E-state index in [1.807, 2.05) is 18.2 Å². The Morgan fingerprint density at radius 3 is 2.33 bits per heavy atom. The molecule has 3 aliphatic carbocycles. The minimum Gasteiger partial charge on any atom is -0.294 e. The highest BCUT2D eigenvalue weighted by Gasteiger charge is 2.55. The molecule has 0 heterocycles. The summed E-state index contributed by atoms with van der Waals surface area (Å²) < 4.78 is 0. The number of fused-ring (bicyclic) bond motifs is 5. The Hall–Kier alpha value is -1.37. The summed E-state index contributed by atoms with van der Waals surface area (Å²) in [6, 6.07) is 10.2. The van der Waals surface area contributed by atoms with E-state index in [9.17, 15) is 4.79 Å². The first-order chi connectivity index (χ1) is 8.77. The van der Waals surface area contributed by atoms with Gasteiger partial charge in [0.15, 0.2) is 5.78 Å². The summed E-state index contributed by atoms with van der Waals surface area (Å²) in [6.07, 6.45) is 3.94. The largest absolute Gasteiger partial charge is 0.294 e. The highest BCUT2D eigenvalue weighted by atomic mass is 16.1. The number of Topliss-reactive ketones (excluding diaryl/α,β-unsaturated/α-hetero) is 1. The van der Waals surface area contributed by atoms with Crippen LogP contribution in [0.3, 0.4) is 0 Å². The van der Waals surface area contributed by atoms with Gasteiger partial charge < -0.3 is 0 Å². The lowest BCUT2D eigenvalue weighted by molar-refractivity contribution is -0.118. The molecule has 18 heavy (non-hydrogen) atoms. The second-order valence-electron chi connectivity index (χ2n) is 6.17. The molecule has 0 radical (unpaired) electrons. The van der Waals surface area contributed by atoms with Crippen LogP contribution in [-0.2, 0) is 4.79 Å². The number of carbonyl (C=O) groups is 1. The number of allylic oxidation sites excluding steroid dienone is 2. The lowest BCUT2D eigenvalue weighted by atomic mass is 9.79. The molecule has 2 unspecified atom stereocenters. The molecule has 2 bridgehead atoms. The first-order valence-corrected chi connectivity index (χ1v) is 7.08. The van der Waals surface area contributed by atoms with Crippen LogP contribution >= 0.6 is 0 Å². The molecule has 0 saturated heterocycles. The maximum Gasteiger partial charge on any atom is 0.167 e. The van der Waals surface area contributed by atoms with Gasteiger partial charge in [-0.05, 0) is 49.5 Å². The quantitative estimate of drug-likeness (QED) is 0.729. The standard InChI is InChI=1S/C17H18O/c1-10-14-12-7-8-13(9-12)16(14)17(18)15(10)11-5-3-2-4-6-11/h2-6,12-14,16H,7-9H2,1H3/t12-,13+,14?,16?/m1/s1. The molecule has 0 N–H and O–H groups in total. The van der Waals surface area contributed by atoms with Gasteiger partial charge in [-0.25, -0.2) is 0 Å². The Morgan fingerprint density at radius 1 is 1.00 bits per heavy atom. The molecule has 92 valence electrons. The van der Waals surface area contributed by atoms with E-state index in [1.54, 1.807) is 0 Å².